The number of esters is 1. The van der Waals surface area contributed by atoms with Crippen LogP contribution in [0.5, 0.6) is 0 Å². The summed E-state index contributed by atoms with van der Waals surface area (Å²) in [7, 11) is 0. The summed E-state index contributed by atoms with van der Waals surface area (Å²) in [6.07, 6.45) is 0. The molecule has 0 aliphatic carbocycles. The van der Waals surface area contributed by atoms with Gasteiger partial charge in [-0.1, -0.05) is 30.3 Å². The molecule has 5 nitrogen and oxygen atoms in total. The Morgan fingerprint density at radius 3 is 2.65 bits per heavy atom. The Morgan fingerprint density at radius 1 is 1.09 bits per heavy atom. The molecule has 3 aromatic rings. The minimum atomic E-state index is -0.611. The van der Waals surface area contributed by atoms with Crippen molar-refractivity contribution in [3.8, 4) is 0 Å². The van der Waals surface area contributed by atoms with Gasteiger partial charge in [-0.3, -0.25) is 9.89 Å². The third kappa shape index (κ3) is 2.99. The monoisotopic (exact) mass is 308 g/mol. The van der Waals surface area contributed by atoms with Crippen LogP contribution in [0, 0.1) is 13.8 Å². The van der Waals surface area contributed by atoms with Crippen molar-refractivity contribution in [2.24, 2.45) is 0 Å². The third-order valence-corrected chi connectivity index (χ3v) is 3.83. The number of aromatic amines is 1. The molecule has 1 N–H and O–H groups in total. The van der Waals surface area contributed by atoms with E-state index in [9.17, 15) is 9.59 Å². The molecule has 23 heavy (non-hydrogen) atoms. The highest BCUT2D eigenvalue weighted by Crippen LogP contribution is 2.16. The quantitative estimate of drug-likeness (QED) is 0.593. The Balaban J connectivity index is 1.71. The first-order valence-corrected chi connectivity index (χ1v) is 7.27. The minimum Gasteiger partial charge on any atom is -0.452 e. The number of ketones is 1. The summed E-state index contributed by atoms with van der Waals surface area (Å²) < 4.78 is 5.11. The van der Waals surface area contributed by atoms with Crippen LogP contribution in [0.1, 0.15) is 32.0 Å². The fraction of sp³-hybridized carbons (Fsp3) is 0.167. The van der Waals surface area contributed by atoms with E-state index < -0.39 is 5.97 Å². The zero-order valence-corrected chi connectivity index (χ0v) is 12.9. The Bertz CT molecular complexity index is 896. The molecule has 1 aromatic heterocycles. The molecule has 0 saturated carbocycles. The van der Waals surface area contributed by atoms with Gasteiger partial charge in [0.2, 0.25) is 0 Å². The number of fused-ring (bicyclic) bond motifs is 1. The Morgan fingerprint density at radius 2 is 1.87 bits per heavy atom. The van der Waals surface area contributed by atoms with E-state index in [1.807, 2.05) is 38.1 Å². The molecular weight excluding hydrogens is 292 g/mol. The lowest BCUT2D eigenvalue weighted by atomic mass is 10.0. The number of carbonyl (C=O) groups excluding carboxylic acids is 2. The summed E-state index contributed by atoms with van der Waals surface area (Å²) in [6.45, 7) is 3.61. The number of benzene rings is 2. The molecule has 0 fully saturated rings. The molecule has 0 atom stereocenters. The SMILES string of the molecule is Cc1ccc(C(=O)COC(=O)c2n[nH]c3ccccc23)cc1C. The van der Waals surface area contributed by atoms with Crippen LogP contribution in [-0.4, -0.2) is 28.6 Å². The van der Waals surface area contributed by atoms with Crippen molar-refractivity contribution < 1.29 is 14.3 Å². The molecule has 0 saturated heterocycles. The number of carbonyl (C=O) groups is 2. The van der Waals surface area contributed by atoms with Gasteiger partial charge >= 0.3 is 5.97 Å². The van der Waals surface area contributed by atoms with Crippen molar-refractivity contribution in [2.45, 2.75) is 13.8 Å². The van der Waals surface area contributed by atoms with Gasteiger partial charge in [0.25, 0.3) is 0 Å². The molecule has 2 aromatic carbocycles. The Labute approximate surface area is 133 Å². The smallest absolute Gasteiger partial charge is 0.359 e. The van der Waals surface area contributed by atoms with E-state index in [4.69, 9.17) is 4.74 Å². The number of aryl methyl sites for hydroxylation is 2. The van der Waals surface area contributed by atoms with Crippen LogP contribution in [-0.2, 0) is 4.74 Å². The molecule has 3 rings (SSSR count). The first-order valence-electron chi connectivity index (χ1n) is 7.27. The van der Waals surface area contributed by atoms with Gasteiger partial charge in [0.1, 0.15) is 0 Å². The second kappa shape index (κ2) is 6.04. The molecule has 0 aliphatic heterocycles. The number of rotatable bonds is 4. The average Bonchev–Trinajstić information content (AvgIpc) is 2.99. The van der Waals surface area contributed by atoms with Gasteiger partial charge in [0.05, 0.1) is 5.52 Å². The number of para-hydroxylation sites is 1. The predicted molar refractivity (Wildman–Crippen MR) is 86.6 cm³/mol. The number of ether oxygens (including phenoxy) is 1. The van der Waals surface area contributed by atoms with Crippen LogP contribution in [0.4, 0.5) is 0 Å². The third-order valence-electron chi connectivity index (χ3n) is 3.83. The van der Waals surface area contributed by atoms with Gasteiger partial charge in [-0.25, -0.2) is 4.79 Å². The second-order valence-electron chi connectivity index (χ2n) is 5.42. The highest BCUT2D eigenvalue weighted by atomic mass is 16.5. The molecule has 0 bridgehead atoms. The van der Waals surface area contributed by atoms with Crippen molar-refractivity contribution in [1.82, 2.24) is 10.2 Å². The lowest BCUT2D eigenvalue weighted by Gasteiger charge is -2.05. The van der Waals surface area contributed by atoms with Gasteiger partial charge in [-0.2, -0.15) is 5.10 Å². The predicted octanol–water partition coefficient (Wildman–Crippen LogP) is 3.22. The molecule has 0 radical (unpaired) electrons. The number of H-pyrrole nitrogens is 1. The van der Waals surface area contributed by atoms with E-state index in [0.717, 1.165) is 16.6 Å². The van der Waals surface area contributed by atoms with Crippen LogP contribution in [0.25, 0.3) is 10.9 Å². The summed E-state index contributed by atoms with van der Waals surface area (Å²) in [5.41, 5.74) is 3.61. The van der Waals surface area contributed by atoms with E-state index in [0.29, 0.717) is 10.9 Å². The molecule has 116 valence electrons. The zero-order valence-electron chi connectivity index (χ0n) is 12.9. The second-order valence-corrected chi connectivity index (χ2v) is 5.42. The number of aromatic nitrogens is 2. The summed E-state index contributed by atoms with van der Waals surface area (Å²) >= 11 is 0. The summed E-state index contributed by atoms with van der Waals surface area (Å²) in [5, 5.41) is 7.40. The van der Waals surface area contributed by atoms with Gasteiger partial charge in [0, 0.05) is 10.9 Å². The molecule has 0 aliphatic rings. The highest BCUT2D eigenvalue weighted by molar-refractivity contribution is 6.04. The molecular formula is C18H16N2O3. The maximum atomic E-state index is 12.1. The Hall–Kier alpha value is -2.95. The van der Waals surface area contributed by atoms with Crippen molar-refractivity contribution in [3.63, 3.8) is 0 Å². The van der Waals surface area contributed by atoms with Gasteiger partial charge in [-0.15, -0.1) is 0 Å². The summed E-state index contributed by atoms with van der Waals surface area (Å²) in [5.74, 6) is -0.846. The van der Waals surface area contributed by atoms with E-state index >= 15 is 0 Å². The van der Waals surface area contributed by atoms with E-state index in [1.165, 1.54) is 0 Å². The van der Waals surface area contributed by atoms with Crippen LogP contribution in [0.15, 0.2) is 42.5 Å². The highest BCUT2D eigenvalue weighted by Gasteiger charge is 2.17. The van der Waals surface area contributed by atoms with Gasteiger partial charge in [0.15, 0.2) is 18.1 Å². The van der Waals surface area contributed by atoms with Crippen LogP contribution in [0.2, 0.25) is 0 Å². The van der Waals surface area contributed by atoms with E-state index in [-0.39, 0.29) is 18.1 Å². The van der Waals surface area contributed by atoms with Gasteiger partial charge < -0.3 is 4.74 Å². The molecule has 0 amide bonds. The van der Waals surface area contributed by atoms with Crippen molar-refractivity contribution >= 4 is 22.7 Å². The standard InChI is InChI=1S/C18H16N2O3/c1-11-7-8-13(9-12(11)2)16(21)10-23-18(22)17-14-5-3-4-6-15(14)19-20-17/h3-9H,10H2,1-2H3,(H,19,20). The maximum absolute atomic E-state index is 12.1. The normalized spacial score (nSPS) is 10.7. The van der Waals surface area contributed by atoms with E-state index in [1.54, 1.807) is 18.2 Å². The number of nitrogens with zero attached hydrogens (tertiary/aromatic N) is 1. The lowest BCUT2D eigenvalue weighted by Crippen LogP contribution is -2.15. The van der Waals surface area contributed by atoms with Crippen LogP contribution < -0.4 is 0 Å². The number of hydrogen-bond acceptors (Lipinski definition) is 4. The van der Waals surface area contributed by atoms with Gasteiger partial charge in [-0.05, 0) is 37.1 Å². The first kappa shape index (κ1) is 15.0. The van der Waals surface area contributed by atoms with Crippen molar-refractivity contribution in [2.75, 3.05) is 6.61 Å². The fourth-order valence-corrected chi connectivity index (χ4v) is 2.32. The molecule has 1 heterocycles. The van der Waals surface area contributed by atoms with Crippen LogP contribution in [0.3, 0.4) is 0 Å². The fourth-order valence-electron chi connectivity index (χ4n) is 2.32. The topological polar surface area (TPSA) is 72.1 Å². The summed E-state index contributed by atoms with van der Waals surface area (Å²) in [6, 6.07) is 12.7. The number of nitrogens with one attached hydrogen (secondary N) is 1. The molecule has 0 unspecified atom stereocenters. The van der Waals surface area contributed by atoms with Crippen LogP contribution >= 0.6 is 0 Å². The average molecular weight is 308 g/mol. The minimum absolute atomic E-state index is 0.188. The lowest BCUT2D eigenvalue weighted by molar-refractivity contribution is 0.0471. The van der Waals surface area contributed by atoms with Crippen molar-refractivity contribution in [3.05, 3.63) is 64.8 Å². The number of hydrogen-bond donors (Lipinski definition) is 1. The van der Waals surface area contributed by atoms with Crippen molar-refractivity contribution in [1.29, 1.82) is 0 Å². The largest absolute Gasteiger partial charge is 0.452 e. The Kier molecular flexibility index (Phi) is 3.93. The first-order chi connectivity index (χ1) is 11.1. The summed E-state index contributed by atoms with van der Waals surface area (Å²) in [4.78, 5) is 24.3. The zero-order chi connectivity index (χ0) is 16.4. The molecule has 0 spiro atoms. The number of Topliss-reactive ketones (excluding diaryl/α,β-unsaturated/α-hetero) is 1. The van der Waals surface area contributed by atoms with E-state index in [2.05, 4.69) is 10.2 Å². The maximum Gasteiger partial charge on any atom is 0.359 e. The molecule has 5 heteroatoms.